The summed E-state index contributed by atoms with van der Waals surface area (Å²) in [5.41, 5.74) is 2.98. The van der Waals surface area contributed by atoms with Gasteiger partial charge in [0.25, 0.3) is 11.8 Å². The molecule has 0 aromatic heterocycles. The van der Waals surface area contributed by atoms with Gasteiger partial charge < -0.3 is 15.1 Å². The van der Waals surface area contributed by atoms with Gasteiger partial charge in [-0.1, -0.05) is 42.6 Å². The van der Waals surface area contributed by atoms with Crippen LogP contribution in [0.3, 0.4) is 0 Å². The number of amides is 2. The molecule has 2 aromatic rings. The van der Waals surface area contributed by atoms with Crippen LogP contribution in [0.2, 0.25) is 0 Å². The Labute approximate surface area is 187 Å². The van der Waals surface area contributed by atoms with Crippen LogP contribution in [0.5, 0.6) is 0 Å². The minimum atomic E-state index is -0.148. The Kier molecular flexibility index (Phi) is 6.28. The van der Waals surface area contributed by atoms with Crippen LogP contribution in [0.1, 0.15) is 27.6 Å². The van der Waals surface area contributed by atoms with Crippen LogP contribution in [-0.4, -0.2) is 47.8 Å². The summed E-state index contributed by atoms with van der Waals surface area (Å²) in [6, 6.07) is 13.1. The number of carbonyl (C=O) groups excluding carboxylic acids is 2. The highest BCUT2D eigenvalue weighted by Gasteiger charge is 2.25. The number of carbonyl (C=O) groups is 2. The summed E-state index contributed by atoms with van der Waals surface area (Å²) < 4.78 is 0. The van der Waals surface area contributed by atoms with Crippen LogP contribution in [-0.2, 0) is 0 Å². The van der Waals surface area contributed by atoms with E-state index >= 15 is 0 Å². The summed E-state index contributed by atoms with van der Waals surface area (Å²) in [7, 11) is 0. The monoisotopic (exact) mass is 431 g/mol. The van der Waals surface area contributed by atoms with Crippen LogP contribution in [0.4, 0.5) is 5.69 Å². The first kappa shape index (κ1) is 21.0. The number of hydrogen-bond donors (Lipinski definition) is 1. The second kappa shape index (κ2) is 9.27. The number of nitrogens with zero attached hydrogens (tertiary/aromatic N) is 2. The predicted molar refractivity (Wildman–Crippen MR) is 126 cm³/mol. The van der Waals surface area contributed by atoms with Gasteiger partial charge in [-0.25, -0.2) is 0 Å². The average Bonchev–Trinajstić information content (AvgIpc) is 2.94. The highest BCUT2D eigenvalue weighted by atomic mass is 32.2. The van der Waals surface area contributed by atoms with Gasteiger partial charge in [-0.2, -0.15) is 0 Å². The van der Waals surface area contributed by atoms with Crippen molar-refractivity contribution in [1.29, 1.82) is 0 Å². The third kappa shape index (κ3) is 4.44. The Morgan fingerprint density at radius 2 is 1.81 bits per heavy atom. The third-order valence-corrected chi connectivity index (χ3v) is 6.58. The quantitative estimate of drug-likeness (QED) is 0.706. The molecule has 2 aliphatic rings. The Hall–Kier alpha value is -3.25. The zero-order valence-electron chi connectivity index (χ0n) is 17.5. The van der Waals surface area contributed by atoms with Crippen molar-refractivity contribution in [2.45, 2.75) is 16.7 Å². The van der Waals surface area contributed by atoms with Crippen molar-refractivity contribution in [3.8, 4) is 0 Å². The van der Waals surface area contributed by atoms with E-state index in [1.807, 2.05) is 72.5 Å². The fourth-order valence-corrected chi connectivity index (χ4v) is 4.76. The molecule has 0 radical (unpaired) electrons. The molecule has 1 N–H and O–H groups in total. The van der Waals surface area contributed by atoms with Crippen LogP contribution in [0.25, 0.3) is 0 Å². The Morgan fingerprint density at radius 1 is 1.06 bits per heavy atom. The van der Waals surface area contributed by atoms with E-state index in [4.69, 9.17) is 0 Å². The average molecular weight is 432 g/mol. The van der Waals surface area contributed by atoms with Gasteiger partial charge in [0.15, 0.2) is 0 Å². The first-order chi connectivity index (χ1) is 15.1. The van der Waals surface area contributed by atoms with Gasteiger partial charge in [0.05, 0.1) is 11.3 Å². The van der Waals surface area contributed by atoms with Gasteiger partial charge in [0.1, 0.15) is 0 Å². The minimum absolute atomic E-state index is 0.0129. The van der Waals surface area contributed by atoms with E-state index in [-0.39, 0.29) is 11.8 Å². The molecule has 1 saturated heterocycles. The lowest BCUT2D eigenvalue weighted by Crippen LogP contribution is -2.48. The highest BCUT2D eigenvalue weighted by Crippen LogP contribution is 2.39. The molecule has 0 bridgehead atoms. The van der Waals surface area contributed by atoms with E-state index in [1.54, 1.807) is 6.07 Å². The topological polar surface area (TPSA) is 52.6 Å². The van der Waals surface area contributed by atoms with Crippen molar-refractivity contribution in [1.82, 2.24) is 9.80 Å². The molecule has 31 heavy (non-hydrogen) atoms. The number of benzene rings is 2. The molecule has 2 aliphatic heterocycles. The maximum Gasteiger partial charge on any atom is 0.256 e. The lowest BCUT2D eigenvalue weighted by Gasteiger charge is -2.36. The largest absolute Gasteiger partial charge is 0.368 e. The van der Waals surface area contributed by atoms with Crippen molar-refractivity contribution in [2.24, 2.45) is 0 Å². The molecule has 4 rings (SSSR count). The van der Waals surface area contributed by atoms with E-state index in [0.717, 1.165) is 28.6 Å². The molecule has 0 saturated carbocycles. The standard InChI is InChI=1S/C25H25N3O2S/c1-3-5-8-19(4-2)27-13-15-28(16-14-27)25(30)18-11-12-23-21(17-18)26-24(29)20-9-6-7-10-22(20)31-23/h3-12,17H,2,13-16H2,1H3,(H,26,29)/b5-3-,19-8+. The van der Waals surface area contributed by atoms with Crippen LogP contribution >= 0.6 is 11.8 Å². The number of allylic oxidation sites excluding steroid dienone is 4. The zero-order valence-corrected chi connectivity index (χ0v) is 18.3. The Balaban J connectivity index is 1.48. The third-order valence-electron chi connectivity index (χ3n) is 5.43. The van der Waals surface area contributed by atoms with Crippen molar-refractivity contribution in [2.75, 3.05) is 31.5 Å². The summed E-state index contributed by atoms with van der Waals surface area (Å²) in [6.07, 6.45) is 7.86. The molecule has 158 valence electrons. The van der Waals surface area contributed by atoms with Crippen LogP contribution in [0, 0.1) is 0 Å². The molecule has 1 fully saturated rings. The molecule has 0 spiro atoms. The lowest BCUT2D eigenvalue weighted by atomic mass is 10.1. The van der Waals surface area contributed by atoms with Gasteiger partial charge in [0.2, 0.25) is 0 Å². The van der Waals surface area contributed by atoms with Gasteiger partial charge in [-0.05, 0) is 49.4 Å². The van der Waals surface area contributed by atoms with Gasteiger partial charge in [0, 0.05) is 47.2 Å². The number of hydrogen-bond acceptors (Lipinski definition) is 4. The molecular formula is C25H25N3O2S. The molecular weight excluding hydrogens is 406 g/mol. The second-order valence-corrected chi connectivity index (χ2v) is 8.45. The summed E-state index contributed by atoms with van der Waals surface area (Å²) in [5, 5.41) is 2.96. The number of rotatable bonds is 4. The van der Waals surface area contributed by atoms with Crippen LogP contribution < -0.4 is 5.32 Å². The van der Waals surface area contributed by atoms with Crippen molar-refractivity contribution >= 4 is 29.3 Å². The SMILES string of the molecule is C=C/C(=C\C=C/C)N1CCN(C(=O)c2ccc3c(c2)NC(=O)c2ccccc2S3)CC1. The fraction of sp³-hybridized carbons (Fsp3) is 0.200. The molecule has 2 heterocycles. The zero-order chi connectivity index (χ0) is 21.8. The number of anilines is 1. The van der Waals surface area contributed by atoms with Crippen LogP contribution in [0.15, 0.2) is 88.8 Å². The second-order valence-electron chi connectivity index (χ2n) is 7.36. The first-order valence-corrected chi connectivity index (χ1v) is 11.1. The Bertz CT molecular complexity index is 1080. The maximum atomic E-state index is 13.1. The van der Waals surface area contributed by atoms with E-state index in [9.17, 15) is 9.59 Å². The number of nitrogens with one attached hydrogen (secondary N) is 1. The summed E-state index contributed by atoms with van der Waals surface area (Å²) in [6.45, 7) is 8.68. The van der Waals surface area contributed by atoms with E-state index in [2.05, 4.69) is 16.8 Å². The fourth-order valence-electron chi connectivity index (χ4n) is 3.75. The molecule has 2 aromatic carbocycles. The molecule has 0 atom stereocenters. The molecule has 5 nitrogen and oxygen atoms in total. The smallest absolute Gasteiger partial charge is 0.256 e. The first-order valence-electron chi connectivity index (χ1n) is 10.3. The van der Waals surface area contributed by atoms with Gasteiger partial charge >= 0.3 is 0 Å². The molecule has 2 amide bonds. The van der Waals surface area contributed by atoms with Gasteiger partial charge in [-0.15, -0.1) is 0 Å². The summed E-state index contributed by atoms with van der Waals surface area (Å²) in [5.74, 6) is -0.161. The minimum Gasteiger partial charge on any atom is -0.368 e. The van der Waals surface area contributed by atoms with Crippen molar-refractivity contribution in [3.63, 3.8) is 0 Å². The van der Waals surface area contributed by atoms with Crippen molar-refractivity contribution in [3.05, 3.63) is 90.2 Å². The summed E-state index contributed by atoms with van der Waals surface area (Å²) >= 11 is 1.54. The number of fused-ring (bicyclic) bond motifs is 2. The lowest BCUT2D eigenvalue weighted by molar-refractivity contribution is 0.0672. The van der Waals surface area contributed by atoms with Crippen molar-refractivity contribution < 1.29 is 9.59 Å². The number of piperazine rings is 1. The predicted octanol–water partition coefficient (Wildman–Crippen LogP) is 4.81. The normalized spacial score (nSPS) is 16.4. The molecule has 6 heteroatoms. The summed E-state index contributed by atoms with van der Waals surface area (Å²) in [4.78, 5) is 31.7. The van der Waals surface area contributed by atoms with Gasteiger partial charge in [-0.3, -0.25) is 9.59 Å². The van der Waals surface area contributed by atoms with E-state index < -0.39 is 0 Å². The molecule has 0 unspecified atom stereocenters. The van der Waals surface area contributed by atoms with E-state index in [0.29, 0.717) is 29.9 Å². The Morgan fingerprint density at radius 3 is 2.55 bits per heavy atom. The van der Waals surface area contributed by atoms with E-state index in [1.165, 1.54) is 11.8 Å². The maximum absolute atomic E-state index is 13.1. The highest BCUT2D eigenvalue weighted by molar-refractivity contribution is 7.99. The molecule has 0 aliphatic carbocycles.